The molecule has 1 aromatic rings. The maximum absolute atomic E-state index is 5.64. The van der Waals surface area contributed by atoms with Crippen LogP contribution in [-0.2, 0) is 9.47 Å². The summed E-state index contributed by atoms with van der Waals surface area (Å²) in [6.45, 7) is 3.60. The molecule has 1 saturated heterocycles. The van der Waals surface area contributed by atoms with Crippen LogP contribution in [0.2, 0.25) is 0 Å². The molecule has 78 valence electrons. The molecule has 2 unspecified atom stereocenters. The summed E-state index contributed by atoms with van der Waals surface area (Å²) in [5.74, 6) is 1.30. The maximum Gasteiger partial charge on any atom is 0.167 e. The lowest BCUT2D eigenvalue weighted by molar-refractivity contribution is -0.0934. The van der Waals surface area contributed by atoms with Gasteiger partial charge < -0.3 is 15.2 Å². The average molecular weight is 198 g/mol. The van der Waals surface area contributed by atoms with Crippen LogP contribution in [0.1, 0.15) is 30.7 Å². The molecular weight excluding hydrogens is 184 g/mol. The Hall–Kier alpha value is -0.980. The Morgan fingerprint density at radius 2 is 2.43 bits per heavy atom. The van der Waals surface area contributed by atoms with Crippen LogP contribution in [0.5, 0.6) is 0 Å². The molecule has 6 heteroatoms. The van der Waals surface area contributed by atoms with Crippen molar-refractivity contribution in [1.82, 2.24) is 15.2 Å². The van der Waals surface area contributed by atoms with Crippen LogP contribution in [0, 0.1) is 0 Å². The third-order valence-corrected chi connectivity index (χ3v) is 2.05. The highest BCUT2D eigenvalue weighted by Gasteiger charge is 2.20. The number of rotatable bonds is 2. The number of hydrogen-bond donors (Lipinski definition) is 2. The molecule has 14 heavy (non-hydrogen) atoms. The first-order valence-corrected chi connectivity index (χ1v) is 4.64. The second kappa shape index (κ2) is 4.04. The van der Waals surface area contributed by atoms with Crippen LogP contribution >= 0.6 is 0 Å². The lowest BCUT2D eigenvalue weighted by atomic mass is 10.3. The van der Waals surface area contributed by atoms with E-state index in [9.17, 15) is 0 Å². The highest BCUT2D eigenvalue weighted by Crippen LogP contribution is 2.17. The van der Waals surface area contributed by atoms with E-state index in [2.05, 4.69) is 15.2 Å². The molecule has 0 aromatic carbocycles. The lowest BCUT2D eigenvalue weighted by Crippen LogP contribution is -2.22. The zero-order valence-corrected chi connectivity index (χ0v) is 8.06. The number of nitrogens with two attached hydrogens (primary N) is 1. The first-order chi connectivity index (χ1) is 6.77. The van der Waals surface area contributed by atoms with E-state index in [4.69, 9.17) is 15.2 Å². The minimum Gasteiger partial charge on any atom is -0.376 e. The van der Waals surface area contributed by atoms with Crippen molar-refractivity contribution in [3.05, 3.63) is 11.6 Å². The molecule has 0 spiro atoms. The van der Waals surface area contributed by atoms with E-state index in [1.165, 1.54) is 0 Å². The fraction of sp³-hybridized carbons (Fsp3) is 0.750. The van der Waals surface area contributed by atoms with Crippen LogP contribution in [0.25, 0.3) is 0 Å². The van der Waals surface area contributed by atoms with Crippen molar-refractivity contribution in [3.63, 3.8) is 0 Å². The van der Waals surface area contributed by atoms with Gasteiger partial charge in [-0.15, -0.1) is 0 Å². The van der Waals surface area contributed by atoms with Crippen LogP contribution in [0.15, 0.2) is 0 Å². The van der Waals surface area contributed by atoms with E-state index in [1.807, 2.05) is 6.92 Å². The van der Waals surface area contributed by atoms with E-state index >= 15 is 0 Å². The molecule has 1 aliphatic rings. The van der Waals surface area contributed by atoms with Gasteiger partial charge in [-0.3, -0.25) is 5.10 Å². The van der Waals surface area contributed by atoms with Gasteiger partial charge in [-0.05, 0) is 6.92 Å². The number of aromatic amines is 1. The molecule has 1 fully saturated rings. The van der Waals surface area contributed by atoms with Crippen molar-refractivity contribution >= 4 is 0 Å². The number of hydrogen-bond acceptors (Lipinski definition) is 5. The van der Waals surface area contributed by atoms with Crippen LogP contribution in [-0.4, -0.2) is 35.0 Å². The van der Waals surface area contributed by atoms with Crippen molar-refractivity contribution in [1.29, 1.82) is 0 Å². The van der Waals surface area contributed by atoms with Crippen molar-refractivity contribution in [3.8, 4) is 0 Å². The Balaban J connectivity index is 2.07. The van der Waals surface area contributed by atoms with E-state index < -0.39 is 0 Å². The van der Waals surface area contributed by atoms with E-state index in [-0.39, 0.29) is 12.1 Å². The number of aromatic nitrogens is 3. The van der Waals surface area contributed by atoms with Crippen LogP contribution in [0.3, 0.4) is 0 Å². The molecule has 0 amide bonds. The molecule has 0 saturated carbocycles. The largest absolute Gasteiger partial charge is 0.376 e. The van der Waals surface area contributed by atoms with Crippen molar-refractivity contribution in [2.45, 2.75) is 19.1 Å². The third kappa shape index (κ3) is 1.92. The average Bonchev–Trinajstić information content (AvgIpc) is 2.68. The number of nitrogens with zero attached hydrogens (tertiary/aromatic N) is 2. The lowest BCUT2D eigenvalue weighted by Gasteiger charge is -2.20. The van der Waals surface area contributed by atoms with Gasteiger partial charge in [0, 0.05) is 0 Å². The van der Waals surface area contributed by atoms with Gasteiger partial charge >= 0.3 is 0 Å². The minimum absolute atomic E-state index is 0.135. The van der Waals surface area contributed by atoms with Gasteiger partial charge in [0.25, 0.3) is 0 Å². The topological polar surface area (TPSA) is 86.0 Å². The van der Waals surface area contributed by atoms with Crippen molar-refractivity contribution in [2.75, 3.05) is 19.8 Å². The minimum atomic E-state index is -0.162. The molecule has 1 aliphatic heterocycles. The Morgan fingerprint density at radius 3 is 3.00 bits per heavy atom. The molecule has 0 aliphatic carbocycles. The Bertz CT molecular complexity index is 293. The highest BCUT2D eigenvalue weighted by atomic mass is 16.6. The molecule has 3 N–H and O–H groups in total. The SMILES string of the molecule is CC(N)c1n[nH]c(C2COCCO2)n1. The molecule has 0 bridgehead atoms. The van der Waals surface area contributed by atoms with E-state index in [0.717, 1.165) is 0 Å². The van der Waals surface area contributed by atoms with Crippen LogP contribution in [0.4, 0.5) is 0 Å². The Kier molecular flexibility index (Phi) is 2.76. The smallest absolute Gasteiger partial charge is 0.167 e. The fourth-order valence-corrected chi connectivity index (χ4v) is 1.28. The van der Waals surface area contributed by atoms with Crippen molar-refractivity contribution < 1.29 is 9.47 Å². The second-order valence-electron chi connectivity index (χ2n) is 3.30. The number of nitrogens with one attached hydrogen (secondary N) is 1. The molecule has 0 radical (unpaired) electrons. The molecule has 2 rings (SSSR count). The monoisotopic (exact) mass is 198 g/mol. The van der Waals surface area contributed by atoms with Gasteiger partial charge in [-0.1, -0.05) is 0 Å². The molecular formula is C8H14N4O2. The number of H-pyrrole nitrogens is 1. The predicted octanol–water partition coefficient (Wildman–Crippen LogP) is -0.0877. The van der Waals surface area contributed by atoms with Gasteiger partial charge in [0.2, 0.25) is 0 Å². The summed E-state index contributed by atoms with van der Waals surface area (Å²) in [6.07, 6.45) is -0.135. The summed E-state index contributed by atoms with van der Waals surface area (Å²) in [5.41, 5.74) is 5.64. The van der Waals surface area contributed by atoms with Gasteiger partial charge in [0.15, 0.2) is 11.6 Å². The molecule has 1 aromatic heterocycles. The van der Waals surface area contributed by atoms with Crippen molar-refractivity contribution in [2.24, 2.45) is 5.73 Å². The summed E-state index contributed by atoms with van der Waals surface area (Å²) in [5, 5.41) is 6.80. The zero-order valence-electron chi connectivity index (χ0n) is 8.06. The normalized spacial score (nSPS) is 24.9. The standard InChI is InChI=1S/C8H14N4O2/c1-5(9)7-10-8(12-11-7)6-4-13-2-3-14-6/h5-6H,2-4,9H2,1H3,(H,10,11,12). The summed E-state index contributed by atoms with van der Waals surface area (Å²) in [6, 6.07) is -0.162. The van der Waals surface area contributed by atoms with Crippen LogP contribution < -0.4 is 5.73 Å². The fourth-order valence-electron chi connectivity index (χ4n) is 1.28. The van der Waals surface area contributed by atoms with Gasteiger partial charge in [-0.2, -0.15) is 5.10 Å². The van der Waals surface area contributed by atoms with E-state index in [1.54, 1.807) is 0 Å². The third-order valence-electron chi connectivity index (χ3n) is 2.05. The zero-order chi connectivity index (χ0) is 9.97. The first-order valence-electron chi connectivity index (χ1n) is 4.64. The molecule has 6 nitrogen and oxygen atoms in total. The summed E-state index contributed by atoms with van der Waals surface area (Å²) < 4.78 is 10.7. The van der Waals surface area contributed by atoms with E-state index in [0.29, 0.717) is 31.5 Å². The quantitative estimate of drug-likeness (QED) is 0.693. The number of ether oxygens (including phenoxy) is 2. The summed E-state index contributed by atoms with van der Waals surface area (Å²) in [7, 11) is 0. The Morgan fingerprint density at radius 1 is 1.57 bits per heavy atom. The second-order valence-corrected chi connectivity index (χ2v) is 3.30. The summed E-state index contributed by atoms with van der Waals surface area (Å²) >= 11 is 0. The maximum atomic E-state index is 5.64. The molecule has 2 heterocycles. The summed E-state index contributed by atoms with van der Waals surface area (Å²) in [4.78, 5) is 4.24. The highest BCUT2D eigenvalue weighted by molar-refractivity contribution is 4.98. The predicted molar refractivity (Wildman–Crippen MR) is 48.5 cm³/mol. The van der Waals surface area contributed by atoms with Gasteiger partial charge in [0.05, 0.1) is 25.9 Å². The Labute approximate surface area is 81.8 Å². The molecule has 2 atom stereocenters. The first kappa shape index (κ1) is 9.57. The van der Waals surface area contributed by atoms with Gasteiger partial charge in [0.1, 0.15) is 6.10 Å². The van der Waals surface area contributed by atoms with Gasteiger partial charge in [-0.25, -0.2) is 4.98 Å².